The van der Waals surface area contributed by atoms with Crippen molar-refractivity contribution in [2.45, 2.75) is 0 Å². The number of aromatic nitrogens is 3. The quantitative estimate of drug-likeness (QED) is 0.385. The van der Waals surface area contributed by atoms with Crippen LogP contribution in [0.5, 0.6) is 5.75 Å². The van der Waals surface area contributed by atoms with Gasteiger partial charge >= 0.3 is 29.6 Å². The first-order chi connectivity index (χ1) is 11.6. The van der Waals surface area contributed by atoms with Crippen LogP contribution >= 0.6 is 23.2 Å². The number of ether oxygens (including phenoxy) is 1. The molecule has 25 heavy (non-hydrogen) atoms. The number of nitrogens with zero attached hydrogens (tertiary/aromatic N) is 4. The van der Waals surface area contributed by atoms with Crippen molar-refractivity contribution in [1.29, 1.82) is 0 Å². The molecule has 0 N–H and O–H groups in total. The van der Waals surface area contributed by atoms with Crippen molar-refractivity contribution < 1.29 is 34.3 Å². The molecule has 2 aromatic heterocycles. The number of hydrogen-bond donors (Lipinski definition) is 0. The fourth-order valence-electron chi connectivity index (χ4n) is 2.10. The topological polar surface area (TPSA) is 74.2 Å². The molecule has 0 amide bonds. The Morgan fingerprint density at radius 1 is 1.04 bits per heavy atom. The molecule has 3 aromatic rings. The molecule has 0 atom stereocenters. The maximum Gasteiger partial charge on any atom is 1.00 e. The Kier molecular flexibility index (Phi) is 7.01. The predicted molar refractivity (Wildman–Crippen MR) is 93.8 cm³/mol. The minimum atomic E-state index is -0.0407. The average molecular weight is 385 g/mol. The van der Waals surface area contributed by atoms with Crippen LogP contribution in [-0.2, 0) is 0 Å². The summed E-state index contributed by atoms with van der Waals surface area (Å²) in [5, 5.41) is 14.0. The average Bonchev–Trinajstić information content (AvgIpc) is 2.61. The molecule has 2 heterocycles. The third-order valence-electron chi connectivity index (χ3n) is 3.21. The van der Waals surface area contributed by atoms with E-state index in [4.69, 9.17) is 27.9 Å². The van der Waals surface area contributed by atoms with Gasteiger partial charge in [-0.1, -0.05) is 23.2 Å². The summed E-state index contributed by atoms with van der Waals surface area (Å²) in [6.45, 7) is 0. The summed E-state index contributed by atoms with van der Waals surface area (Å²) in [5.41, 5.74) is 1.49. The first-order valence-electron chi connectivity index (χ1n) is 6.84. The van der Waals surface area contributed by atoms with Gasteiger partial charge in [-0.3, -0.25) is 0 Å². The fourth-order valence-corrected chi connectivity index (χ4v) is 2.44. The minimum absolute atomic E-state index is 0. The largest absolute Gasteiger partial charge is 1.00 e. The van der Waals surface area contributed by atoms with Crippen LogP contribution < -0.4 is 39.4 Å². The molecule has 0 saturated heterocycles. The van der Waals surface area contributed by atoms with Crippen LogP contribution in [0, 0.1) is 5.21 Å². The van der Waals surface area contributed by atoms with Gasteiger partial charge in [0.05, 0.1) is 18.5 Å². The van der Waals surface area contributed by atoms with E-state index in [-0.39, 0.29) is 41.2 Å². The number of pyridine rings is 1. The Morgan fingerprint density at radius 3 is 2.52 bits per heavy atom. The number of halogens is 2. The van der Waals surface area contributed by atoms with Crippen molar-refractivity contribution >= 4 is 34.8 Å². The van der Waals surface area contributed by atoms with E-state index in [2.05, 4.69) is 15.0 Å². The molecular formula is C16H11Cl2N4NaO2. The molecule has 0 bridgehead atoms. The predicted octanol–water partition coefficient (Wildman–Crippen LogP) is 1.49. The molecule has 1 aromatic carbocycles. The monoisotopic (exact) mass is 384 g/mol. The molecule has 0 aliphatic rings. The van der Waals surface area contributed by atoms with E-state index in [0.29, 0.717) is 26.7 Å². The van der Waals surface area contributed by atoms with Crippen LogP contribution in [0.15, 0.2) is 48.8 Å². The van der Waals surface area contributed by atoms with Gasteiger partial charge in [0.1, 0.15) is 10.9 Å². The molecule has 0 fully saturated rings. The van der Waals surface area contributed by atoms with Crippen LogP contribution in [0.25, 0.3) is 11.3 Å². The van der Waals surface area contributed by atoms with E-state index in [9.17, 15) is 5.21 Å². The van der Waals surface area contributed by atoms with Crippen molar-refractivity contribution in [1.82, 2.24) is 15.0 Å². The molecule has 0 spiro atoms. The van der Waals surface area contributed by atoms with Crippen molar-refractivity contribution in [2.75, 3.05) is 12.2 Å². The van der Waals surface area contributed by atoms with Crippen molar-refractivity contribution in [3.05, 3.63) is 64.2 Å². The maximum absolute atomic E-state index is 12.6. The summed E-state index contributed by atoms with van der Waals surface area (Å²) in [7, 11) is 1.47. The van der Waals surface area contributed by atoms with Gasteiger partial charge in [-0.2, -0.15) is 0 Å². The van der Waals surface area contributed by atoms with E-state index < -0.39 is 0 Å². The SMILES string of the molecule is COc1ccc(Cl)cc1N([O-])c1nccc(-c2ccnc(Cl)c2)n1.[Na+]. The first kappa shape index (κ1) is 19.9. The van der Waals surface area contributed by atoms with Crippen molar-refractivity contribution in [3.8, 4) is 17.0 Å². The molecule has 122 valence electrons. The minimum Gasteiger partial charge on any atom is -0.751 e. The second-order valence-corrected chi connectivity index (χ2v) is 5.54. The van der Waals surface area contributed by atoms with Crippen molar-refractivity contribution in [3.63, 3.8) is 0 Å². The standard InChI is InChI=1S/C16H11Cl2N4O2.Na/c1-24-14-3-2-11(17)9-13(14)22(23)16-20-7-5-12(21-16)10-4-6-19-15(18)8-10;/h2-9H,1H3;/q-1;+1. The van der Waals surface area contributed by atoms with E-state index in [1.54, 1.807) is 36.5 Å². The summed E-state index contributed by atoms with van der Waals surface area (Å²) in [6, 6.07) is 9.81. The Hall–Kier alpha value is -1.41. The van der Waals surface area contributed by atoms with E-state index in [0.717, 1.165) is 5.56 Å². The van der Waals surface area contributed by atoms with E-state index in [1.165, 1.54) is 19.4 Å². The third kappa shape index (κ3) is 4.61. The van der Waals surface area contributed by atoms with E-state index in [1.807, 2.05) is 0 Å². The summed E-state index contributed by atoms with van der Waals surface area (Å²) >= 11 is 11.9. The maximum atomic E-state index is 12.6. The van der Waals surface area contributed by atoms with Crippen LogP contribution in [0.3, 0.4) is 0 Å². The summed E-state index contributed by atoms with van der Waals surface area (Å²) < 4.78 is 5.19. The second-order valence-electron chi connectivity index (χ2n) is 4.72. The number of benzene rings is 1. The van der Waals surface area contributed by atoms with Crippen LogP contribution in [0.1, 0.15) is 0 Å². The van der Waals surface area contributed by atoms with Crippen LogP contribution in [0.2, 0.25) is 10.2 Å². The molecule has 0 radical (unpaired) electrons. The van der Waals surface area contributed by atoms with Crippen LogP contribution in [0.4, 0.5) is 11.6 Å². The number of methoxy groups -OCH3 is 1. The number of hydrogen-bond acceptors (Lipinski definition) is 6. The molecule has 6 nitrogen and oxygen atoms in total. The molecule has 3 rings (SSSR count). The molecule has 0 aliphatic heterocycles. The zero-order valence-electron chi connectivity index (χ0n) is 13.5. The Morgan fingerprint density at radius 2 is 1.80 bits per heavy atom. The first-order valence-corrected chi connectivity index (χ1v) is 7.60. The Labute approximate surface area is 176 Å². The van der Waals surface area contributed by atoms with Gasteiger partial charge < -0.3 is 15.0 Å². The Balaban J connectivity index is 0.00000225. The van der Waals surface area contributed by atoms with Gasteiger partial charge in [-0.25, -0.2) is 15.0 Å². The zero-order valence-corrected chi connectivity index (χ0v) is 17.0. The summed E-state index contributed by atoms with van der Waals surface area (Å²) in [5.74, 6) is 0.330. The Bertz CT molecular complexity index is 882. The zero-order chi connectivity index (χ0) is 17.1. The molecule has 0 unspecified atom stereocenters. The summed E-state index contributed by atoms with van der Waals surface area (Å²) in [6.07, 6.45) is 3.06. The summed E-state index contributed by atoms with van der Waals surface area (Å²) in [4.78, 5) is 12.2. The van der Waals surface area contributed by atoms with Gasteiger partial charge in [0, 0.05) is 23.0 Å². The second kappa shape index (κ2) is 8.80. The van der Waals surface area contributed by atoms with Gasteiger partial charge in [-0.05, 0) is 36.4 Å². The molecule has 0 saturated carbocycles. The van der Waals surface area contributed by atoms with Gasteiger partial charge in [0.25, 0.3) is 0 Å². The number of anilines is 2. The normalized spacial score (nSPS) is 10.1. The fraction of sp³-hybridized carbons (Fsp3) is 0.0625. The smallest absolute Gasteiger partial charge is 0.751 e. The van der Waals surface area contributed by atoms with Crippen molar-refractivity contribution in [2.24, 2.45) is 0 Å². The third-order valence-corrected chi connectivity index (χ3v) is 3.65. The van der Waals surface area contributed by atoms with E-state index >= 15 is 0 Å². The molecule has 0 aliphatic carbocycles. The van der Waals surface area contributed by atoms with Gasteiger partial charge in [0.15, 0.2) is 0 Å². The molecular weight excluding hydrogens is 374 g/mol. The molecule has 9 heteroatoms. The van der Waals surface area contributed by atoms with Gasteiger partial charge in [0.2, 0.25) is 5.95 Å². The van der Waals surface area contributed by atoms with Gasteiger partial charge in [-0.15, -0.1) is 0 Å². The van der Waals surface area contributed by atoms with Crippen LogP contribution in [-0.4, -0.2) is 22.1 Å². The number of rotatable bonds is 4.